The summed E-state index contributed by atoms with van der Waals surface area (Å²) in [5, 5.41) is 12.1. The number of carbonyl (C=O) groups is 1. The molecule has 1 atom stereocenters. The maximum absolute atomic E-state index is 11.6. The summed E-state index contributed by atoms with van der Waals surface area (Å²) in [4.78, 5) is 11.1. The van der Waals surface area contributed by atoms with Crippen LogP contribution in [-0.4, -0.2) is 26.2 Å². The van der Waals surface area contributed by atoms with Gasteiger partial charge in [-0.25, -0.2) is 5.43 Å². The van der Waals surface area contributed by atoms with E-state index in [9.17, 15) is 10.0 Å². The molecule has 1 rings (SSSR count). The van der Waals surface area contributed by atoms with Gasteiger partial charge >= 0.3 is 5.97 Å². The summed E-state index contributed by atoms with van der Waals surface area (Å²) >= 11 is 0. The largest absolute Gasteiger partial charge is 0.743 e. The van der Waals surface area contributed by atoms with Crippen molar-refractivity contribution in [3.63, 3.8) is 0 Å². The number of hydrogen-bond acceptors (Lipinski definition) is 6. The van der Waals surface area contributed by atoms with Gasteiger partial charge in [0.1, 0.15) is 11.8 Å². The van der Waals surface area contributed by atoms with Crippen LogP contribution in [0.4, 0.5) is 5.69 Å². The van der Waals surface area contributed by atoms with Crippen molar-refractivity contribution >= 4 is 11.7 Å². The molecule has 0 aliphatic rings. The average Bonchev–Trinajstić information content (AvgIpc) is 2.37. The summed E-state index contributed by atoms with van der Waals surface area (Å²) in [5.74, 6) is 0.155. The highest BCUT2D eigenvalue weighted by Crippen LogP contribution is 2.17. The number of hydrogen-bond donors (Lipinski definition) is 1. The molecule has 0 radical (unpaired) electrons. The molecule has 0 aliphatic carbocycles. The molecule has 0 bridgehead atoms. The molecule has 1 N–H and O–H groups in total. The maximum atomic E-state index is 11.6. The second-order valence-corrected chi connectivity index (χ2v) is 3.37. The minimum Gasteiger partial charge on any atom is -0.743 e. The van der Waals surface area contributed by atoms with Crippen LogP contribution in [0.3, 0.4) is 0 Å². The molecule has 0 amide bonds. The first-order valence-corrected chi connectivity index (χ1v) is 5.03. The minimum absolute atomic E-state index is 0.376. The third kappa shape index (κ3) is 3.61. The fraction of sp³-hybridized carbons (Fsp3) is 0.364. The normalized spacial score (nSPS) is 11.8. The summed E-state index contributed by atoms with van der Waals surface area (Å²) in [6, 6.07) is 5.78. The predicted octanol–water partition coefficient (Wildman–Crippen LogP) is 1.07. The van der Waals surface area contributed by atoms with Crippen molar-refractivity contribution in [3.8, 4) is 5.75 Å². The zero-order chi connectivity index (χ0) is 12.8. The minimum atomic E-state index is -0.709. The van der Waals surface area contributed by atoms with Crippen molar-refractivity contribution < 1.29 is 14.3 Å². The average molecular weight is 239 g/mol. The molecule has 6 heteroatoms. The van der Waals surface area contributed by atoms with E-state index < -0.39 is 12.0 Å². The molecule has 0 saturated heterocycles. The van der Waals surface area contributed by atoms with Crippen LogP contribution in [-0.2, 0) is 9.53 Å². The molecule has 0 aliphatic heterocycles. The molecule has 0 aromatic heterocycles. The second kappa shape index (κ2) is 6.07. The number of anilines is 1. The Morgan fingerprint density at radius 1 is 1.35 bits per heavy atom. The summed E-state index contributed by atoms with van der Waals surface area (Å²) < 4.78 is 9.47. The summed E-state index contributed by atoms with van der Waals surface area (Å²) in [6.45, 7) is 1.54. The van der Waals surface area contributed by atoms with E-state index in [1.165, 1.54) is 7.11 Å². The van der Waals surface area contributed by atoms with Crippen LogP contribution in [0.5, 0.6) is 5.75 Å². The molecule has 1 aromatic rings. The first-order chi connectivity index (χ1) is 8.08. The third-order valence-electron chi connectivity index (χ3n) is 2.17. The van der Waals surface area contributed by atoms with Crippen LogP contribution in [0, 0.1) is 5.21 Å². The van der Waals surface area contributed by atoms with E-state index in [1.54, 1.807) is 38.3 Å². The molecule has 0 heterocycles. The van der Waals surface area contributed by atoms with Crippen LogP contribution in [0.25, 0.3) is 0 Å². The lowest BCUT2D eigenvalue weighted by Crippen LogP contribution is -2.44. The van der Waals surface area contributed by atoms with Gasteiger partial charge < -0.3 is 19.9 Å². The number of methoxy groups -OCH3 is 2. The van der Waals surface area contributed by atoms with Gasteiger partial charge in [0.05, 0.1) is 14.2 Å². The molecule has 17 heavy (non-hydrogen) atoms. The number of rotatable bonds is 5. The standard InChI is InChI=1S/C11H15N2O4/c1-8(11(14)17-3)12-13(15)9-4-6-10(16-2)7-5-9/h4-8,12H,1-3H3/q-1/t8-/m0/s1. The van der Waals surface area contributed by atoms with E-state index in [4.69, 9.17) is 4.74 Å². The smallest absolute Gasteiger partial charge is 0.324 e. The number of benzene rings is 1. The van der Waals surface area contributed by atoms with Crippen molar-refractivity contribution in [1.29, 1.82) is 0 Å². The Morgan fingerprint density at radius 3 is 2.41 bits per heavy atom. The highest BCUT2D eigenvalue weighted by molar-refractivity contribution is 5.75. The van der Waals surface area contributed by atoms with Crippen molar-refractivity contribution in [3.05, 3.63) is 29.5 Å². The number of nitrogens with one attached hydrogen (secondary N) is 1. The van der Waals surface area contributed by atoms with E-state index in [1.807, 2.05) is 0 Å². The highest BCUT2D eigenvalue weighted by Gasteiger charge is 2.12. The lowest BCUT2D eigenvalue weighted by atomic mass is 10.3. The fourth-order valence-corrected chi connectivity index (χ4v) is 1.20. The van der Waals surface area contributed by atoms with E-state index in [-0.39, 0.29) is 0 Å². The third-order valence-corrected chi connectivity index (χ3v) is 2.17. The Labute approximate surface area is 99.7 Å². The second-order valence-electron chi connectivity index (χ2n) is 3.37. The Balaban J connectivity index is 2.62. The lowest BCUT2D eigenvalue weighted by Gasteiger charge is -2.33. The summed E-state index contributed by atoms with van der Waals surface area (Å²) in [6.07, 6.45) is 0. The first kappa shape index (κ1) is 13.3. The fourth-order valence-electron chi connectivity index (χ4n) is 1.20. The molecule has 0 unspecified atom stereocenters. The molecule has 6 nitrogen and oxygen atoms in total. The number of hydrazine groups is 1. The van der Waals surface area contributed by atoms with Crippen molar-refractivity contribution in [2.24, 2.45) is 0 Å². The molecule has 94 valence electrons. The molecule has 1 aromatic carbocycles. The van der Waals surface area contributed by atoms with Crippen LogP contribution in [0.15, 0.2) is 24.3 Å². The number of ether oxygens (including phenoxy) is 2. The number of nitrogens with zero attached hydrogens (tertiary/aromatic N) is 1. The van der Waals surface area contributed by atoms with Crippen molar-refractivity contribution in [1.82, 2.24) is 5.43 Å². The van der Waals surface area contributed by atoms with Crippen LogP contribution >= 0.6 is 0 Å². The van der Waals surface area contributed by atoms with Gasteiger partial charge in [-0.05, 0) is 31.2 Å². The zero-order valence-electron chi connectivity index (χ0n) is 9.97. The Hall–Kier alpha value is -1.79. The van der Waals surface area contributed by atoms with E-state index >= 15 is 0 Å². The maximum Gasteiger partial charge on any atom is 0.324 e. The number of carbonyl (C=O) groups excluding carboxylic acids is 1. The van der Waals surface area contributed by atoms with Gasteiger partial charge in [0.25, 0.3) is 0 Å². The van der Waals surface area contributed by atoms with E-state index in [0.29, 0.717) is 16.6 Å². The van der Waals surface area contributed by atoms with Crippen LogP contribution in [0.2, 0.25) is 0 Å². The lowest BCUT2D eigenvalue weighted by molar-refractivity contribution is -0.142. The SMILES string of the molecule is COC(=O)[C@H](C)NN([O-])c1ccc(OC)cc1. The quantitative estimate of drug-likeness (QED) is 0.612. The van der Waals surface area contributed by atoms with Gasteiger partial charge in [-0.1, -0.05) is 0 Å². The van der Waals surface area contributed by atoms with Crippen LogP contribution < -0.4 is 15.3 Å². The molecule has 0 spiro atoms. The van der Waals surface area contributed by atoms with Gasteiger partial charge in [0, 0.05) is 5.69 Å². The highest BCUT2D eigenvalue weighted by atomic mass is 16.5. The summed E-state index contributed by atoms with van der Waals surface area (Å²) in [5.41, 5.74) is 2.82. The van der Waals surface area contributed by atoms with Gasteiger partial charge in [0.2, 0.25) is 0 Å². The Kier molecular flexibility index (Phi) is 4.74. The predicted molar refractivity (Wildman–Crippen MR) is 63.5 cm³/mol. The van der Waals surface area contributed by atoms with E-state index in [2.05, 4.69) is 10.2 Å². The molecule has 0 fully saturated rings. The monoisotopic (exact) mass is 239 g/mol. The molecule has 0 saturated carbocycles. The van der Waals surface area contributed by atoms with Crippen molar-refractivity contribution in [2.45, 2.75) is 13.0 Å². The topological polar surface area (TPSA) is 73.9 Å². The van der Waals surface area contributed by atoms with E-state index in [0.717, 1.165) is 0 Å². The van der Waals surface area contributed by atoms with Crippen molar-refractivity contribution in [2.75, 3.05) is 19.4 Å². The van der Waals surface area contributed by atoms with Gasteiger partial charge in [-0.15, -0.1) is 0 Å². The Bertz CT molecular complexity index is 366. The summed E-state index contributed by atoms with van der Waals surface area (Å²) in [7, 11) is 2.81. The zero-order valence-corrected chi connectivity index (χ0v) is 9.97. The van der Waals surface area contributed by atoms with Crippen LogP contribution in [0.1, 0.15) is 6.92 Å². The Morgan fingerprint density at radius 2 is 1.94 bits per heavy atom. The molecular weight excluding hydrogens is 224 g/mol. The molecular formula is C11H15N2O4-. The van der Waals surface area contributed by atoms with Gasteiger partial charge in [-0.2, -0.15) is 0 Å². The first-order valence-electron chi connectivity index (χ1n) is 5.03. The number of esters is 1. The van der Waals surface area contributed by atoms with Gasteiger partial charge in [-0.3, -0.25) is 4.79 Å². The van der Waals surface area contributed by atoms with Gasteiger partial charge in [0.15, 0.2) is 0 Å².